The second-order valence-corrected chi connectivity index (χ2v) is 11.8. The van der Waals surface area contributed by atoms with E-state index in [-0.39, 0.29) is 24.2 Å². The summed E-state index contributed by atoms with van der Waals surface area (Å²) in [5.74, 6) is -3.60. The van der Waals surface area contributed by atoms with E-state index in [9.17, 15) is 19.5 Å². The normalized spacial score (nSPS) is 25.3. The molecule has 42 heavy (non-hydrogen) atoms. The van der Waals surface area contributed by atoms with Crippen LogP contribution in [0.4, 0.5) is 0 Å². The third-order valence-electron chi connectivity index (χ3n) is 9.68. The van der Waals surface area contributed by atoms with Crippen molar-refractivity contribution in [2.24, 2.45) is 17.8 Å². The second kappa shape index (κ2) is 9.79. The number of aromatic amines is 3. The highest BCUT2D eigenvalue weighted by atomic mass is 16.5. The molecule has 3 aliphatic rings. The summed E-state index contributed by atoms with van der Waals surface area (Å²) in [5.41, 5.74) is 10.8. The van der Waals surface area contributed by atoms with E-state index in [1.807, 2.05) is 13.0 Å². The van der Waals surface area contributed by atoms with Gasteiger partial charge in [-0.15, -0.1) is 0 Å². The predicted octanol–water partition coefficient (Wildman–Crippen LogP) is 3.64. The predicted molar refractivity (Wildman–Crippen MR) is 160 cm³/mol. The van der Waals surface area contributed by atoms with Gasteiger partial charge in [0.25, 0.3) is 0 Å². The van der Waals surface area contributed by atoms with Gasteiger partial charge in [-0.1, -0.05) is 6.92 Å². The third kappa shape index (κ3) is 4.01. The van der Waals surface area contributed by atoms with Crippen molar-refractivity contribution >= 4 is 41.5 Å². The maximum absolute atomic E-state index is 13.8. The molecule has 3 aromatic heterocycles. The molecule has 1 aliphatic carbocycles. The van der Waals surface area contributed by atoms with Crippen LogP contribution in [0.2, 0.25) is 0 Å². The molecule has 2 aliphatic heterocycles. The molecule has 3 aromatic rings. The van der Waals surface area contributed by atoms with E-state index < -0.39 is 17.7 Å². The smallest absolute Gasteiger partial charge is 0.319 e. The molecule has 1 fully saturated rings. The Balaban J connectivity index is 1.70. The quantitative estimate of drug-likeness (QED) is 0.241. The molecule has 0 radical (unpaired) electrons. The summed E-state index contributed by atoms with van der Waals surface area (Å²) in [5, 5.41) is 15.8. The van der Waals surface area contributed by atoms with Crippen LogP contribution in [-0.4, -0.2) is 44.9 Å². The number of aromatic nitrogens is 3. The van der Waals surface area contributed by atoms with Crippen molar-refractivity contribution in [3.63, 3.8) is 0 Å². The minimum Gasteiger partial charge on any atom is -0.480 e. The molecule has 0 aromatic carbocycles. The van der Waals surface area contributed by atoms with Crippen molar-refractivity contribution < 1.29 is 24.2 Å². The number of ether oxygens (including phenoxy) is 1. The topological polar surface area (TPSA) is 140 Å². The summed E-state index contributed by atoms with van der Waals surface area (Å²) < 4.78 is 4.93. The van der Waals surface area contributed by atoms with Crippen molar-refractivity contribution in [3.8, 4) is 0 Å². The van der Waals surface area contributed by atoms with Crippen molar-refractivity contribution in [3.05, 3.63) is 78.2 Å². The minimum absolute atomic E-state index is 0.0746. The number of nitrogens with one attached hydrogen (secondary N) is 4. The van der Waals surface area contributed by atoms with Gasteiger partial charge in [0.1, 0.15) is 5.92 Å². The maximum atomic E-state index is 13.8. The lowest BCUT2D eigenvalue weighted by Crippen LogP contribution is -2.24. The number of carbonyl (C=O) groups is 3. The average molecular weight is 569 g/mol. The van der Waals surface area contributed by atoms with Crippen LogP contribution < -0.4 is 16.0 Å². The number of ketones is 1. The van der Waals surface area contributed by atoms with Crippen LogP contribution in [-0.2, 0) is 14.3 Å². The van der Waals surface area contributed by atoms with E-state index >= 15 is 0 Å². The number of methoxy groups -OCH3 is 1. The molecule has 218 valence electrons. The number of Topliss-reactive ketones (excluding diaryl/α,β-unsaturated/α-hetero) is 1. The third-order valence-corrected chi connectivity index (χ3v) is 9.68. The van der Waals surface area contributed by atoms with Crippen LogP contribution in [0.3, 0.4) is 0 Å². The average Bonchev–Trinajstić information content (AvgIpc) is 3.67. The van der Waals surface area contributed by atoms with Crippen molar-refractivity contribution in [1.82, 2.24) is 20.3 Å². The number of aliphatic carboxylic acids is 1. The summed E-state index contributed by atoms with van der Waals surface area (Å²) in [6.07, 6.45) is 6.81. The molecule has 9 nitrogen and oxygen atoms in total. The number of allylic oxidation sites excluding steroid dienone is 2. The first-order chi connectivity index (χ1) is 19.9. The molecule has 0 unspecified atom stereocenters. The summed E-state index contributed by atoms with van der Waals surface area (Å²) in [6.45, 7) is 12.2. The molecule has 6 rings (SSSR count). The molecular weight excluding hydrogens is 532 g/mol. The number of hydrogen-bond acceptors (Lipinski definition) is 5. The van der Waals surface area contributed by atoms with Crippen molar-refractivity contribution in [1.29, 1.82) is 0 Å². The lowest BCUT2D eigenvalue weighted by molar-refractivity contribution is -0.141. The molecule has 5 N–H and O–H groups in total. The van der Waals surface area contributed by atoms with Gasteiger partial charge in [0.15, 0.2) is 5.78 Å². The highest BCUT2D eigenvalue weighted by Crippen LogP contribution is 2.48. The van der Waals surface area contributed by atoms with Gasteiger partial charge >= 0.3 is 11.9 Å². The SMILES string of the molecule is COC(=O)CC[C@@H]1/C2=C3/c4[nH]c(c(C)c4C(=O)[C@@H]3C(=O)O)/C=c3\[nH]/c(c(C)c3C)=C\c3[nH]c(c(C)c3C)/C=C(\N2)[C@H]1C. The molecule has 0 spiro atoms. The van der Waals surface area contributed by atoms with Crippen molar-refractivity contribution in [2.45, 2.75) is 54.4 Å². The second-order valence-electron chi connectivity index (χ2n) is 11.8. The van der Waals surface area contributed by atoms with Gasteiger partial charge in [-0.25, -0.2) is 0 Å². The number of rotatable bonds is 4. The Labute approximate surface area is 243 Å². The van der Waals surface area contributed by atoms with E-state index in [4.69, 9.17) is 4.74 Å². The lowest BCUT2D eigenvalue weighted by atomic mass is 9.85. The summed E-state index contributed by atoms with van der Waals surface area (Å²) in [7, 11) is 1.36. The molecule has 0 amide bonds. The maximum Gasteiger partial charge on any atom is 0.319 e. The Kier molecular flexibility index (Phi) is 6.44. The first-order valence-corrected chi connectivity index (χ1v) is 14.3. The van der Waals surface area contributed by atoms with Gasteiger partial charge in [0.05, 0.1) is 12.8 Å². The Hall–Kier alpha value is -4.53. The van der Waals surface area contributed by atoms with Crippen LogP contribution in [0.15, 0.2) is 11.4 Å². The van der Waals surface area contributed by atoms with E-state index in [0.717, 1.165) is 55.7 Å². The van der Waals surface area contributed by atoms with Gasteiger partial charge in [-0.2, -0.15) is 0 Å². The molecule has 8 bridgehead atoms. The van der Waals surface area contributed by atoms with Gasteiger partial charge in [-0.05, 0) is 87.1 Å². The number of carboxylic acid groups (broad SMARTS) is 1. The molecular formula is C33H36N4O5. The highest BCUT2D eigenvalue weighted by molar-refractivity contribution is 6.24. The zero-order valence-corrected chi connectivity index (χ0v) is 25.0. The number of esters is 1. The Morgan fingerprint density at radius 2 is 1.45 bits per heavy atom. The van der Waals surface area contributed by atoms with Gasteiger partial charge < -0.3 is 30.1 Å². The van der Waals surface area contributed by atoms with Crippen LogP contribution in [0.25, 0.3) is 23.8 Å². The Morgan fingerprint density at radius 3 is 2.05 bits per heavy atom. The number of carbonyl (C=O) groups excluding carboxylic acids is 2. The van der Waals surface area contributed by atoms with Gasteiger partial charge in [0.2, 0.25) is 0 Å². The van der Waals surface area contributed by atoms with E-state index in [0.29, 0.717) is 34.5 Å². The zero-order valence-electron chi connectivity index (χ0n) is 25.0. The van der Waals surface area contributed by atoms with Crippen LogP contribution >= 0.6 is 0 Å². The largest absolute Gasteiger partial charge is 0.480 e. The standard InChI is InChI=1S/C33H36N4O5/c1-13-15(3)22-11-24-17(5)19(8-9-26(38)42-7)30(36-24)28-29(33(40)41)32(39)27-18(6)25(37-31(27)28)12-23-16(4)14(2)21(35-23)10-20(13)34-22/h10-12,17,19,29,34-37H,8-9H2,1-7H3,(H,40,41)/b21-10-,23-12-,24-11-,30-28-/t17-,19-,29+/m0/s1. The van der Waals surface area contributed by atoms with Crippen LogP contribution in [0.5, 0.6) is 0 Å². The lowest BCUT2D eigenvalue weighted by Gasteiger charge is -2.19. The Morgan fingerprint density at radius 1 is 0.857 bits per heavy atom. The number of fused-ring (bicyclic) bond motifs is 7. The van der Waals surface area contributed by atoms with E-state index in [1.165, 1.54) is 7.11 Å². The molecule has 9 heteroatoms. The van der Waals surface area contributed by atoms with Crippen LogP contribution in [0.1, 0.15) is 80.7 Å². The summed E-state index contributed by atoms with van der Waals surface area (Å²) in [4.78, 5) is 49.2. The first-order valence-electron chi connectivity index (χ1n) is 14.3. The van der Waals surface area contributed by atoms with Gasteiger partial charge in [0, 0.05) is 68.6 Å². The van der Waals surface area contributed by atoms with Crippen molar-refractivity contribution in [2.75, 3.05) is 7.11 Å². The molecule has 5 heterocycles. The zero-order chi connectivity index (χ0) is 30.2. The first kappa shape index (κ1) is 27.6. The van der Waals surface area contributed by atoms with Gasteiger partial charge in [-0.3, -0.25) is 14.4 Å². The number of H-pyrrole nitrogens is 3. The number of carboxylic acids is 1. The monoisotopic (exact) mass is 568 g/mol. The molecule has 1 saturated heterocycles. The highest BCUT2D eigenvalue weighted by Gasteiger charge is 2.48. The fraction of sp³-hybridized carbons (Fsp3) is 0.364. The van der Waals surface area contributed by atoms with E-state index in [1.54, 1.807) is 0 Å². The van der Waals surface area contributed by atoms with E-state index in [2.05, 4.69) is 67.0 Å². The Bertz CT molecular complexity index is 1890. The minimum atomic E-state index is -1.34. The molecule has 3 atom stereocenters. The molecule has 0 saturated carbocycles. The van der Waals surface area contributed by atoms with Crippen LogP contribution in [0, 0.1) is 52.4 Å². The summed E-state index contributed by atoms with van der Waals surface area (Å²) >= 11 is 0. The summed E-state index contributed by atoms with van der Waals surface area (Å²) in [6, 6.07) is 0. The fourth-order valence-corrected chi connectivity index (χ4v) is 6.74. The number of hydrogen-bond donors (Lipinski definition) is 5. The fourth-order valence-electron chi connectivity index (χ4n) is 6.74.